The van der Waals surface area contributed by atoms with Crippen molar-refractivity contribution in [1.29, 1.82) is 0 Å². The van der Waals surface area contributed by atoms with Crippen LogP contribution in [0.2, 0.25) is 0 Å². The van der Waals surface area contributed by atoms with Crippen molar-refractivity contribution in [2.45, 2.75) is 45.6 Å². The molecular formula is C23H22ClF3N4O4. The Hall–Kier alpha value is -3.47. The third kappa shape index (κ3) is 5.29. The molecule has 1 aliphatic carbocycles. The molecule has 4 rings (SSSR count). The number of hydrogen-bond acceptors (Lipinski definition) is 5. The van der Waals surface area contributed by atoms with Crippen molar-refractivity contribution >= 4 is 22.8 Å². The Morgan fingerprint density at radius 2 is 1.86 bits per heavy atom. The first-order valence-electron chi connectivity index (χ1n) is 10.8. The molecule has 0 radical (unpaired) electrons. The molecule has 12 heteroatoms. The lowest BCUT2D eigenvalue weighted by atomic mass is 10.1. The van der Waals surface area contributed by atoms with E-state index in [1.807, 2.05) is 13.0 Å². The van der Waals surface area contributed by atoms with E-state index in [1.54, 1.807) is 6.08 Å². The van der Waals surface area contributed by atoms with Gasteiger partial charge in [-0.1, -0.05) is 30.7 Å². The number of alkyl halides is 3. The number of benzene rings is 1. The fourth-order valence-electron chi connectivity index (χ4n) is 3.83. The van der Waals surface area contributed by atoms with Gasteiger partial charge in [-0.25, -0.2) is 4.79 Å². The average Bonchev–Trinajstić information content (AvgIpc) is 3.14. The molecule has 35 heavy (non-hydrogen) atoms. The predicted molar refractivity (Wildman–Crippen MR) is 124 cm³/mol. The summed E-state index contributed by atoms with van der Waals surface area (Å²) in [5, 5.41) is 0.704. The van der Waals surface area contributed by atoms with Gasteiger partial charge in [-0.2, -0.15) is 4.98 Å². The summed E-state index contributed by atoms with van der Waals surface area (Å²) in [5.41, 5.74) is 0.150. The summed E-state index contributed by atoms with van der Waals surface area (Å²) in [6.45, 7) is 2.28. The fourth-order valence-corrected chi connectivity index (χ4v) is 3.98. The summed E-state index contributed by atoms with van der Waals surface area (Å²) < 4.78 is 51.7. The van der Waals surface area contributed by atoms with Crippen LogP contribution < -0.4 is 20.7 Å². The van der Waals surface area contributed by atoms with Gasteiger partial charge in [-0.3, -0.25) is 18.5 Å². The lowest BCUT2D eigenvalue weighted by Gasteiger charge is -2.15. The molecular weight excluding hydrogens is 489 g/mol. The number of fused-ring (bicyclic) bond motifs is 1. The van der Waals surface area contributed by atoms with Crippen LogP contribution in [0, 0.1) is 0 Å². The second kappa shape index (κ2) is 9.65. The summed E-state index contributed by atoms with van der Waals surface area (Å²) in [6.07, 6.45) is 0.577. The first-order valence-corrected chi connectivity index (χ1v) is 11.2. The highest BCUT2D eigenvalue weighted by Crippen LogP contribution is 2.31. The number of allylic oxidation sites excluding steroid dienone is 4. The van der Waals surface area contributed by atoms with Crippen LogP contribution in [0.25, 0.3) is 11.2 Å². The second-order valence-electron chi connectivity index (χ2n) is 8.01. The lowest BCUT2D eigenvalue weighted by molar-refractivity contribution is -0.274. The average molecular weight is 511 g/mol. The van der Waals surface area contributed by atoms with E-state index in [4.69, 9.17) is 16.3 Å². The molecule has 1 aliphatic rings. The zero-order valence-corrected chi connectivity index (χ0v) is 19.7. The van der Waals surface area contributed by atoms with Crippen molar-refractivity contribution < 1.29 is 22.6 Å². The minimum Gasteiger partial charge on any atom is -0.425 e. The normalized spacial score (nSPS) is 14.1. The Labute approximate surface area is 202 Å². The largest absolute Gasteiger partial charge is 0.573 e. The second-order valence-corrected chi connectivity index (χ2v) is 8.50. The molecule has 186 valence electrons. The van der Waals surface area contributed by atoms with Crippen molar-refractivity contribution in [1.82, 2.24) is 18.7 Å². The van der Waals surface area contributed by atoms with Gasteiger partial charge in [0.25, 0.3) is 5.56 Å². The topological polar surface area (TPSA) is 80.3 Å². The van der Waals surface area contributed by atoms with Gasteiger partial charge in [0, 0.05) is 31.2 Å². The van der Waals surface area contributed by atoms with E-state index in [0.29, 0.717) is 24.3 Å². The zero-order valence-electron chi connectivity index (χ0n) is 18.9. The molecule has 0 spiro atoms. The first-order chi connectivity index (χ1) is 16.6. The molecule has 0 bridgehead atoms. The fraction of sp³-hybridized carbons (Fsp3) is 0.348. The molecule has 0 unspecified atom stereocenters. The highest BCUT2D eigenvalue weighted by atomic mass is 35.5. The van der Waals surface area contributed by atoms with E-state index in [0.717, 1.165) is 22.3 Å². The van der Waals surface area contributed by atoms with Crippen LogP contribution in [0.5, 0.6) is 17.5 Å². The van der Waals surface area contributed by atoms with Gasteiger partial charge in [0.1, 0.15) is 11.5 Å². The predicted octanol–water partition coefficient (Wildman–Crippen LogP) is 4.84. The van der Waals surface area contributed by atoms with Crippen molar-refractivity contribution in [3.8, 4) is 17.5 Å². The number of nitrogens with zero attached hydrogens (tertiary/aromatic N) is 4. The molecule has 0 saturated carbocycles. The quantitative estimate of drug-likeness (QED) is 0.454. The standard InChI is InChI=1S/C23H22ClF3N4O4/c1-3-11-30-20(32)18-19(29(2)22(30)33)28-21(31(18)13-14-7-9-15(24)10-8-14)34-16-5-4-6-17(12-16)35-23(25,26)27/h4-7,9,12H,3,8,10-11,13H2,1-2H3. The Kier molecular flexibility index (Phi) is 6.79. The number of rotatable bonds is 7. The van der Waals surface area contributed by atoms with E-state index < -0.39 is 23.4 Å². The number of halogens is 4. The summed E-state index contributed by atoms with van der Waals surface area (Å²) in [7, 11) is 1.50. The highest BCUT2D eigenvalue weighted by molar-refractivity contribution is 6.29. The monoisotopic (exact) mass is 510 g/mol. The third-order valence-corrected chi connectivity index (χ3v) is 5.75. The maximum absolute atomic E-state index is 13.3. The van der Waals surface area contributed by atoms with Crippen molar-refractivity contribution in [2.75, 3.05) is 0 Å². The van der Waals surface area contributed by atoms with Crippen LogP contribution >= 0.6 is 11.6 Å². The van der Waals surface area contributed by atoms with E-state index in [1.165, 1.54) is 28.3 Å². The van der Waals surface area contributed by atoms with Crippen molar-refractivity contribution in [3.63, 3.8) is 0 Å². The summed E-state index contributed by atoms with van der Waals surface area (Å²) >= 11 is 6.07. The molecule has 0 atom stereocenters. The van der Waals surface area contributed by atoms with Crippen LogP contribution in [0.1, 0.15) is 26.2 Å². The van der Waals surface area contributed by atoms with Crippen LogP contribution in [0.15, 0.2) is 56.6 Å². The summed E-state index contributed by atoms with van der Waals surface area (Å²) in [6, 6.07) is 4.92. The number of ether oxygens (including phenoxy) is 2. The maximum Gasteiger partial charge on any atom is 0.573 e. The number of aromatic nitrogens is 4. The minimum atomic E-state index is -4.86. The van der Waals surface area contributed by atoms with E-state index in [9.17, 15) is 22.8 Å². The maximum atomic E-state index is 13.3. The molecule has 3 aromatic rings. The number of imidazole rings is 1. The Bertz CT molecular complexity index is 1450. The summed E-state index contributed by atoms with van der Waals surface area (Å²) in [5.74, 6) is -0.451. The molecule has 0 saturated heterocycles. The number of aryl methyl sites for hydroxylation is 1. The molecule has 8 nitrogen and oxygen atoms in total. The van der Waals surface area contributed by atoms with Crippen LogP contribution in [0.4, 0.5) is 13.2 Å². The first kappa shape index (κ1) is 24.6. The zero-order chi connectivity index (χ0) is 25.3. The molecule has 1 aromatic carbocycles. The lowest BCUT2D eigenvalue weighted by Crippen LogP contribution is -2.39. The van der Waals surface area contributed by atoms with Gasteiger partial charge < -0.3 is 9.47 Å². The van der Waals surface area contributed by atoms with Gasteiger partial charge in [0.05, 0.1) is 0 Å². The Balaban J connectivity index is 1.86. The van der Waals surface area contributed by atoms with E-state index in [-0.39, 0.29) is 36.0 Å². The third-order valence-electron chi connectivity index (χ3n) is 5.44. The summed E-state index contributed by atoms with van der Waals surface area (Å²) in [4.78, 5) is 30.4. The molecule has 0 amide bonds. The van der Waals surface area contributed by atoms with Gasteiger partial charge >= 0.3 is 18.1 Å². The van der Waals surface area contributed by atoms with Crippen LogP contribution in [0.3, 0.4) is 0 Å². The number of hydrogen-bond donors (Lipinski definition) is 0. The molecule has 0 aliphatic heterocycles. The Morgan fingerprint density at radius 3 is 2.51 bits per heavy atom. The van der Waals surface area contributed by atoms with Gasteiger partial charge in [0.2, 0.25) is 0 Å². The van der Waals surface area contributed by atoms with Crippen LogP contribution in [-0.2, 0) is 20.1 Å². The SMILES string of the molecule is CCCn1c(=O)c2c(nc(Oc3cccc(OC(F)(F)F)c3)n2CC2=CC=C(Cl)CC2)n(C)c1=O. The molecule has 0 N–H and O–H groups in total. The van der Waals surface area contributed by atoms with Gasteiger partial charge in [-0.15, -0.1) is 13.2 Å². The molecule has 0 fully saturated rings. The minimum absolute atomic E-state index is 0.0164. The smallest absolute Gasteiger partial charge is 0.425 e. The van der Waals surface area contributed by atoms with Gasteiger partial charge in [0.15, 0.2) is 11.2 Å². The highest BCUT2D eigenvalue weighted by Gasteiger charge is 2.31. The molecule has 2 heterocycles. The molecule has 2 aromatic heterocycles. The van der Waals surface area contributed by atoms with E-state index >= 15 is 0 Å². The Morgan fingerprint density at radius 1 is 1.11 bits per heavy atom. The van der Waals surface area contributed by atoms with E-state index in [2.05, 4.69) is 9.72 Å². The van der Waals surface area contributed by atoms with Crippen molar-refractivity contribution in [3.05, 3.63) is 67.9 Å². The van der Waals surface area contributed by atoms with Crippen molar-refractivity contribution in [2.24, 2.45) is 7.05 Å². The van der Waals surface area contributed by atoms with Gasteiger partial charge in [-0.05, 0) is 43.0 Å². The van der Waals surface area contributed by atoms with Crippen LogP contribution in [-0.4, -0.2) is 25.0 Å².